The fraction of sp³-hybridized carbons (Fsp3) is 0.606. The second kappa shape index (κ2) is 28.4. The molecule has 0 bridgehead atoms. The van der Waals surface area contributed by atoms with Crippen LogP contribution in [0.15, 0.2) is 24.3 Å². The van der Waals surface area contributed by atoms with Gasteiger partial charge in [-0.05, 0) is 43.0 Å². The van der Waals surface area contributed by atoms with Gasteiger partial charge in [0.2, 0.25) is 23.6 Å². The number of primary amides is 1. The molecule has 1 rings (SSSR count). The molecule has 0 aliphatic carbocycles. The third kappa shape index (κ3) is 23.2. The zero-order valence-corrected chi connectivity index (χ0v) is 31.8. The first kappa shape index (κ1) is 46.9. The molecule has 2 atom stereocenters. The van der Waals surface area contributed by atoms with E-state index in [1.54, 1.807) is 38.1 Å². The first-order chi connectivity index (χ1) is 25.3. The maximum atomic E-state index is 13.0. The number of alkyl halides is 1. The average Bonchev–Trinajstić information content (AvgIpc) is 3.12. The van der Waals surface area contributed by atoms with Gasteiger partial charge >= 0.3 is 6.03 Å². The van der Waals surface area contributed by atoms with Crippen molar-refractivity contribution in [3.63, 3.8) is 0 Å². The third-order valence-electron chi connectivity index (χ3n) is 6.98. The van der Waals surface area contributed by atoms with E-state index < -0.39 is 48.1 Å². The molecular weight excluding hydrogens is 761 g/mol. The van der Waals surface area contributed by atoms with Crippen LogP contribution in [0.25, 0.3) is 0 Å². The van der Waals surface area contributed by atoms with Gasteiger partial charge in [0.1, 0.15) is 12.1 Å². The molecule has 0 heterocycles. The zero-order chi connectivity index (χ0) is 39.4. The highest BCUT2D eigenvalue weighted by Crippen LogP contribution is 2.10. The molecule has 53 heavy (non-hydrogen) atoms. The predicted molar refractivity (Wildman–Crippen MR) is 198 cm³/mol. The lowest BCUT2D eigenvalue weighted by atomic mass is 10.0. The van der Waals surface area contributed by atoms with Gasteiger partial charge in [0.05, 0.1) is 70.4 Å². The van der Waals surface area contributed by atoms with Crippen LogP contribution in [0.4, 0.5) is 10.5 Å². The number of amides is 7. The summed E-state index contributed by atoms with van der Waals surface area (Å²) in [5, 5.41) is 15.6. The summed E-state index contributed by atoms with van der Waals surface area (Å²) in [6, 6.07) is 3.80. The molecule has 294 valence electrons. The lowest BCUT2D eigenvalue weighted by molar-refractivity contribution is -0.133. The van der Waals surface area contributed by atoms with Gasteiger partial charge in [-0.25, -0.2) is 4.79 Å². The van der Waals surface area contributed by atoms with Gasteiger partial charge in [-0.1, -0.05) is 29.8 Å². The van der Waals surface area contributed by atoms with Gasteiger partial charge in [-0.15, -0.1) is 0 Å². The Bertz CT molecular complexity index is 1310. The molecule has 0 saturated heterocycles. The summed E-state index contributed by atoms with van der Waals surface area (Å²) in [6.45, 7) is 5.79. The van der Waals surface area contributed by atoms with Crippen LogP contribution in [-0.2, 0) is 42.9 Å². The number of rotatable bonds is 29. The van der Waals surface area contributed by atoms with E-state index in [4.69, 9.17) is 32.5 Å². The summed E-state index contributed by atoms with van der Waals surface area (Å²) >= 11 is 3.07. The Morgan fingerprint density at radius 2 is 1.32 bits per heavy atom. The minimum Gasteiger partial charge on any atom is -0.379 e. The number of halogens is 1. The number of carbonyl (C=O) groups is 7. The SMILES string of the molecule is [B]C(=O)CNC(=O)[C@H](CCCNC(N)=O)NC(=O)C(NC(=O)CCOCCOCCOCCOCCNC(=O)c1ccc(NC(=O)CBr)cc1)C(C)C. The molecule has 0 aliphatic rings. The van der Waals surface area contributed by atoms with Crippen LogP contribution in [0.2, 0.25) is 0 Å². The van der Waals surface area contributed by atoms with E-state index in [0.29, 0.717) is 57.3 Å². The number of anilines is 1. The number of ether oxygens (including phenoxy) is 4. The van der Waals surface area contributed by atoms with Crippen molar-refractivity contribution in [3.8, 4) is 0 Å². The van der Waals surface area contributed by atoms with E-state index in [2.05, 4.69) is 47.8 Å². The molecule has 1 aromatic carbocycles. The molecule has 0 saturated carbocycles. The average molecular weight is 813 g/mol. The summed E-state index contributed by atoms with van der Waals surface area (Å²) in [7, 11) is 5.09. The lowest BCUT2D eigenvalue weighted by Crippen LogP contribution is -2.55. The van der Waals surface area contributed by atoms with E-state index in [0.717, 1.165) is 0 Å². The quantitative estimate of drug-likeness (QED) is 0.0296. The van der Waals surface area contributed by atoms with Crippen molar-refractivity contribution in [3.05, 3.63) is 29.8 Å². The molecule has 1 aromatic rings. The Morgan fingerprint density at radius 3 is 1.87 bits per heavy atom. The van der Waals surface area contributed by atoms with E-state index in [-0.39, 0.29) is 62.3 Å². The molecule has 0 fully saturated rings. The first-order valence-corrected chi connectivity index (χ1v) is 18.2. The van der Waals surface area contributed by atoms with Gasteiger partial charge in [-0.3, -0.25) is 24.0 Å². The Morgan fingerprint density at radius 1 is 0.736 bits per heavy atom. The van der Waals surface area contributed by atoms with Crippen molar-refractivity contribution in [1.82, 2.24) is 26.6 Å². The summed E-state index contributed by atoms with van der Waals surface area (Å²) in [4.78, 5) is 83.8. The Labute approximate surface area is 319 Å². The number of hydrogen-bond donors (Lipinski definition) is 7. The Kier molecular flexibility index (Phi) is 25.1. The smallest absolute Gasteiger partial charge is 0.312 e. The van der Waals surface area contributed by atoms with Crippen molar-refractivity contribution < 1.29 is 52.5 Å². The van der Waals surface area contributed by atoms with Gasteiger partial charge in [-0.2, -0.15) is 0 Å². The van der Waals surface area contributed by atoms with Crippen molar-refractivity contribution in [2.75, 3.05) is 83.1 Å². The highest BCUT2D eigenvalue weighted by atomic mass is 79.9. The van der Waals surface area contributed by atoms with E-state index in [9.17, 15) is 33.6 Å². The normalized spacial score (nSPS) is 11.9. The van der Waals surface area contributed by atoms with Crippen LogP contribution < -0.4 is 37.6 Å². The standard InChI is InChI=1S/C33H51BBrN7O11/c1-22(2)29(32(48)41-25(4-3-10-38-33(36)49)31(47)39-21-26(34)43)42-27(44)9-12-50-14-16-52-18-19-53-17-15-51-13-11-37-30(46)23-5-7-24(8-6-23)40-28(45)20-35/h5-8,22,25,29H,3-4,9-21H2,1-2H3,(H,37,46)(H,39,47)(H,40,45)(H,41,48)(H,42,44)(H3,36,38,49)/t25-,29?/m0/s1. The van der Waals surface area contributed by atoms with Crippen LogP contribution in [0.1, 0.15) is 43.5 Å². The number of urea groups is 1. The highest BCUT2D eigenvalue weighted by Gasteiger charge is 2.28. The molecule has 2 radical (unpaired) electrons. The monoisotopic (exact) mass is 811 g/mol. The van der Waals surface area contributed by atoms with Crippen LogP contribution in [0.3, 0.4) is 0 Å². The molecule has 0 aromatic heterocycles. The molecule has 20 heteroatoms. The minimum atomic E-state index is -1.05. The number of nitrogens with one attached hydrogen (secondary N) is 6. The molecular formula is C33H51BBrN7O11. The molecule has 1 unspecified atom stereocenters. The fourth-order valence-electron chi connectivity index (χ4n) is 4.29. The second-order valence-electron chi connectivity index (χ2n) is 11.7. The summed E-state index contributed by atoms with van der Waals surface area (Å²) in [5.74, 6) is -2.43. The van der Waals surface area contributed by atoms with Gasteiger partial charge in [0.15, 0.2) is 7.85 Å². The number of carbonyl (C=O) groups excluding carboxylic acids is 7. The fourth-order valence-corrected chi connectivity index (χ4v) is 4.43. The number of benzene rings is 1. The van der Waals surface area contributed by atoms with E-state index >= 15 is 0 Å². The molecule has 7 amide bonds. The van der Waals surface area contributed by atoms with Crippen LogP contribution >= 0.6 is 15.9 Å². The third-order valence-corrected chi connectivity index (χ3v) is 7.49. The van der Waals surface area contributed by atoms with Crippen molar-refractivity contribution in [2.45, 2.75) is 45.2 Å². The topological polar surface area (TPSA) is 255 Å². The van der Waals surface area contributed by atoms with Crippen LogP contribution in [0.5, 0.6) is 0 Å². The van der Waals surface area contributed by atoms with Crippen LogP contribution in [-0.4, -0.2) is 139 Å². The summed E-state index contributed by atoms with van der Waals surface area (Å²) in [6.07, 6.45) is 0.399. The summed E-state index contributed by atoms with van der Waals surface area (Å²) < 4.78 is 21.8. The van der Waals surface area contributed by atoms with Gasteiger partial charge < -0.3 is 61.4 Å². The summed E-state index contributed by atoms with van der Waals surface area (Å²) in [5.41, 5.74) is 5.35. The molecule has 18 nitrogen and oxygen atoms in total. The van der Waals surface area contributed by atoms with Crippen molar-refractivity contribution in [2.24, 2.45) is 11.7 Å². The minimum absolute atomic E-state index is 0.0175. The van der Waals surface area contributed by atoms with Gasteiger partial charge in [0, 0.05) is 30.8 Å². The first-order valence-electron chi connectivity index (χ1n) is 17.1. The van der Waals surface area contributed by atoms with Crippen molar-refractivity contribution in [1.29, 1.82) is 0 Å². The van der Waals surface area contributed by atoms with Crippen molar-refractivity contribution >= 4 is 70.7 Å². The molecule has 0 spiro atoms. The molecule has 0 aliphatic heterocycles. The Hall–Kier alpha value is -4.11. The second-order valence-corrected chi connectivity index (χ2v) is 12.2. The van der Waals surface area contributed by atoms with Gasteiger partial charge in [0.25, 0.3) is 5.91 Å². The Balaban J connectivity index is 2.18. The van der Waals surface area contributed by atoms with E-state index in [1.807, 2.05) is 0 Å². The molecule has 8 N–H and O–H groups in total. The van der Waals surface area contributed by atoms with E-state index in [1.165, 1.54) is 0 Å². The number of nitrogens with two attached hydrogens (primary N) is 1. The maximum Gasteiger partial charge on any atom is 0.312 e. The maximum absolute atomic E-state index is 13.0. The predicted octanol–water partition coefficient (Wildman–Crippen LogP) is -0.908. The largest absolute Gasteiger partial charge is 0.379 e. The highest BCUT2D eigenvalue weighted by molar-refractivity contribution is 9.09. The zero-order valence-electron chi connectivity index (χ0n) is 30.2. The lowest BCUT2D eigenvalue weighted by Gasteiger charge is -2.25. The number of hydrogen-bond acceptors (Lipinski definition) is 11. The van der Waals surface area contributed by atoms with Crippen LogP contribution in [0, 0.1) is 5.92 Å².